The predicted molar refractivity (Wildman–Crippen MR) is 72.9 cm³/mol. The zero-order chi connectivity index (χ0) is 12.3. The molecule has 0 aliphatic heterocycles. The van der Waals surface area contributed by atoms with Crippen LogP contribution in [0.5, 0.6) is 0 Å². The van der Waals surface area contributed by atoms with E-state index < -0.39 is 0 Å². The minimum absolute atomic E-state index is 0.0581. The third kappa shape index (κ3) is 2.50. The molecule has 1 aromatic rings. The molecule has 1 heterocycles. The number of nitrogens with two attached hydrogens (primary N) is 1. The van der Waals surface area contributed by atoms with Crippen LogP contribution < -0.4 is 10.6 Å². The Hall–Kier alpha value is -1.16. The van der Waals surface area contributed by atoms with E-state index in [1.165, 1.54) is 0 Å². The molecule has 0 fully saturated rings. The van der Waals surface area contributed by atoms with Crippen molar-refractivity contribution in [3.05, 3.63) is 24.0 Å². The van der Waals surface area contributed by atoms with Crippen LogP contribution in [0.15, 0.2) is 18.5 Å². The molecule has 1 rings (SSSR count). The van der Waals surface area contributed by atoms with Gasteiger partial charge in [-0.3, -0.25) is 4.98 Å². The van der Waals surface area contributed by atoms with Crippen molar-refractivity contribution in [2.45, 2.75) is 32.7 Å². The largest absolute Gasteiger partial charge is 0.389 e. The lowest BCUT2D eigenvalue weighted by Gasteiger charge is -2.37. The molecule has 0 saturated heterocycles. The summed E-state index contributed by atoms with van der Waals surface area (Å²) in [6, 6.07) is 1.86. The molecular weight excluding hydrogens is 218 g/mol. The average Bonchev–Trinajstić information content (AvgIpc) is 2.28. The van der Waals surface area contributed by atoms with Gasteiger partial charge in [0.2, 0.25) is 0 Å². The Morgan fingerprint density at radius 2 is 2.19 bits per heavy atom. The molecule has 0 bridgehead atoms. The van der Waals surface area contributed by atoms with Gasteiger partial charge in [-0.15, -0.1) is 0 Å². The standard InChI is InChI=1S/C12H19N3S/c1-5-12(2,3)15(4)10-8-14-7-6-9(10)11(13)16/h6-8H,5H2,1-4H3,(H2,13,16). The highest BCUT2D eigenvalue weighted by atomic mass is 32.1. The summed E-state index contributed by atoms with van der Waals surface area (Å²) < 4.78 is 0. The van der Waals surface area contributed by atoms with Crippen molar-refractivity contribution >= 4 is 22.9 Å². The molecule has 0 aromatic carbocycles. The fourth-order valence-corrected chi connectivity index (χ4v) is 1.60. The topological polar surface area (TPSA) is 42.2 Å². The van der Waals surface area contributed by atoms with Crippen LogP contribution in [-0.2, 0) is 0 Å². The molecule has 0 amide bonds. The van der Waals surface area contributed by atoms with Gasteiger partial charge in [-0.1, -0.05) is 19.1 Å². The molecule has 4 heteroatoms. The summed E-state index contributed by atoms with van der Waals surface area (Å²) in [5.41, 5.74) is 7.64. The van der Waals surface area contributed by atoms with E-state index in [9.17, 15) is 0 Å². The number of nitrogens with zero attached hydrogens (tertiary/aromatic N) is 2. The molecular formula is C12H19N3S. The van der Waals surface area contributed by atoms with E-state index in [2.05, 4.69) is 30.7 Å². The summed E-state index contributed by atoms with van der Waals surface area (Å²) in [7, 11) is 2.04. The molecule has 0 atom stereocenters. The number of thiocarbonyl (C=S) groups is 1. The predicted octanol–water partition coefficient (Wildman–Crippen LogP) is 2.34. The van der Waals surface area contributed by atoms with Gasteiger partial charge in [0, 0.05) is 24.3 Å². The highest BCUT2D eigenvalue weighted by Crippen LogP contribution is 2.27. The first-order chi connectivity index (χ1) is 7.40. The molecule has 3 nitrogen and oxygen atoms in total. The number of aromatic nitrogens is 1. The van der Waals surface area contributed by atoms with Crippen molar-refractivity contribution < 1.29 is 0 Å². The minimum Gasteiger partial charge on any atom is -0.389 e. The van der Waals surface area contributed by atoms with E-state index in [1.807, 2.05) is 19.3 Å². The third-order valence-corrected chi connectivity index (χ3v) is 3.42. The highest BCUT2D eigenvalue weighted by Gasteiger charge is 2.23. The van der Waals surface area contributed by atoms with Crippen LogP contribution in [0.4, 0.5) is 5.69 Å². The van der Waals surface area contributed by atoms with Gasteiger partial charge in [-0.25, -0.2) is 0 Å². The zero-order valence-electron chi connectivity index (χ0n) is 10.3. The molecule has 0 radical (unpaired) electrons. The average molecular weight is 237 g/mol. The van der Waals surface area contributed by atoms with Crippen molar-refractivity contribution in [2.24, 2.45) is 5.73 Å². The summed E-state index contributed by atoms with van der Waals surface area (Å²) in [5.74, 6) is 0. The summed E-state index contributed by atoms with van der Waals surface area (Å²) >= 11 is 5.05. The van der Waals surface area contributed by atoms with Crippen LogP contribution in [0.1, 0.15) is 32.8 Å². The Kier molecular flexibility index (Phi) is 3.86. The quantitative estimate of drug-likeness (QED) is 0.816. The number of anilines is 1. The SMILES string of the molecule is CCC(C)(C)N(C)c1cnccc1C(N)=S. The second-order valence-corrected chi connectivity index (χ2v) is 4.92. The van der Waals surface area contributed by atoms with Crippen molar-refractivity contribution in [3.63, 3.8) is 0 Å². The van der Waals surface area contributed by atoms with Gasteiger partial charge in [-0.2, -0.15) is 0 Å². The molecule has 1 aromatic heterocycles. The van der Waals surface area contributed by atoms with Crippen molar-refractivity contribution in [1.29, 1.82) is 0 Å². The Balaban J connectivity index is 3.18. The second kappa shape index (κ2) is 4.78. The first-order valence-corrected chi connectivity index (χ1v) is 5.78. The van der Waals surface area contributed by atoms with Crippen LogP contribution in [-0.4, -0.2) is 22.6 Å². The lowest BCUT2D eigenvalue weighted by Crippen LogP contribution is -2.41. The van der Waals surface area contributed by atoms with E-state index in [-0.39, 0.29) is 5.54 Å². The van der Waals surface area contributed by atoms with E-state index in [1.54, 1.807) is 6.20 Å². The Morgan fingerprint density at radius 1 is 1.56 bits per heavy atom. The summed E-state index contributed by atoms with van der Waals surface area (Å²) in [6.07, 6.45) is 4.56. The van der Waals surface area contributed by atoms with E-state index in [0.717, 1.165) is 17.7 Å². The molecule has 0 aliphatic rings. The zero-order valence-corrected chi connectivity index (χ0v) is 11.1. The van der Waals surface area contributed by atoms with Crippen molar-refractivity contribution in [2.75, 3.05) is 11.9 Å². The van der Waals surface area contributed by atoms with Crippen LogP contribution in [0.3, 0.4) is 0 Å². The number of pyridine rings is 1. The Bertz CT molecular complexity index is 388. The highest BCUT2D eigenvalue weighted by molar-refractivity contribution is 7.80. The van der Waals surface area contributed by atoms with Gasteiger partial charge in [0.15, 0.2) is 0 Å². The smallest absolute Gasteiger partial charge is 0.106 e. The van der Waals surface area contributed by atoms with Crippen LogP contribution in [0.25, 0.3) is 0 Å². The molecule has 0 aliphatic carbocycles. The van der Waals surface area contributed by atoms with Gasteiger partial charge in [-0.05, 0) is 26.3 Å². The number of hydrogen-bond donors (Lipinski definition) is 1. The monoisotopic (exact) mass is 237 g/mol. The summed E-state index contributed by atoms with van der Waals surface area (Å²) in [4.78, 5) is 6.73. The van der Waals surface area contributed by atoms with Crippen LogP contribution >= 0.6 is 12.2 Å². The number of rotatable bonds is 4. The lowest BCUT2D eigenvalue weighted by atomic mass is 9.98. The first kappa shape index (κ1) is 12.9. The maximum absolute atomic E-state index is 5.71. The van der Waals surface area contributed by atoms with Crippen molar-refractivity contribution in [3.8, 4) is 0 Å². The fourth-order valence-electron chi connectivity index (χ4n) is 1.43. The third-order valence-electron chi connectivity index (χ3n) is 3.20. The number of hydrogen-bond acceptors (Lipinski definition) is 3. The molecule has 16 heavy (non-hydrogen) atoms. The lowest BCUT2D eigenvalue weighted by molar-refractivity contribution is 0.470. The Morgan fingerprint density at radius 3 is 2.69 bits per heavy atom. The van der Waals surface area contributed by atoms with Gasteiger partial charge < -0.3 is 10.6 Å². The molecule has 2 N–H and O–H groups in total. The van der Waals surface area contributed by atoms with Gasteiger partial charge >= 0.3 is 0 Å². The van der Waals surface area contributed by atoms with Gasteiger partial charge in [0.1, 0.15) is 4.99 Å². The first-order valence-electron chi connectivity index (χ1n) is 5.37. The van der Waals surface area contributed by atoms with Crippen LogP contribution in [0, 0.1) is 0 Å². The Labute approximate surface area is 103 Å². The van der Waals surface area contributed by atoms with Gasteiger partial charge in [0.05, 0.1) is 11.9 Å². The van der Waals surface area contributed by atoms with E-state index in [4.69, 9.17) is 18.0 Å². The minimum atomic E-state index is 0.0581. The maximum atomic E-state index is 5.71. The second-order valence-electron chi connectivity index (χ2n) is 4.48. The molecule has 0 unspecified atom stereocenters. The van der Waals surface area contributed by atoms with E-state index >= 15 is 0 Å². The maximum Gasteiger partial charge on any atom is 0.106 e. The summed E-state index contributed by atoms with van der Waals surface area (Å²) in [6.45, 7) is 6.53. The normalized spacial score (nSPS) is 11.2. The summed E-state index contributed by atoms with van der Waals surface area (Å²) in [5, 5.41) is 0. The molecule has 88 valence electrons. The van der Waals surface area contributed by atoms with Gasteiger partial charge in [0.25, 0.3) is 0 Å². The fraction of sp³-hybridized carbons (Fsp3) is 0.500. The van der Waals surface area contributed by atoms with Crippen molar-refractivity contribution in [1.82, 2.24) is 4.98 Å². The molecule has 0 saturated carbocycles. The van der Waals surface area contributed by atoms with Crippen LogP contribution in [0.2, 0.25) is 0 Å². The van der Waals surface area contributed by atoms with E-state index in [0.29, 0.717) is 4.99 Å². The molecule has 0 spiro atoms.